The van der Waals surface area contributed by atoms with Gasteiger partial charge in [0.2, 0.25) is 5.91 Å². The van der Waals surface area contributed by atoms with E-state index in [1.54, 1.807) is 0 Å². The van der Waals surface area contributed by atoms with E-state index < -0.39 is 0 Å². The van der Waals surface area contributed by atoms with Gasteiger partial charge in [0, 0.05) is 20.8 Å². The number of amides is 1. The normalized spacial score (nSPS) is 10.3. The molecule has 5 heteroatoms. The number of hydrogen-bond acceptors (Lipinski definition) is 4. The molecule has 0 aliphatic rings. The van der Waals surface area contributed by atoms with Gasteiger partial charge in [-0.2, -0.15) is 0 Å². The van der Waals surface area contributed by atoms with Crippen LogP contribution in [0.3, 0.4) is 0 Å². The minimum Gasteiger partial charge on any atom is -0.377 e. The fourth-order valence-corrected chi connectivity index (χ4v) is 1.20. The van der Waals surface area contributed by atoms with Gasteiger partial charge in [-0.25, -0.2) is 0 Å². The maximum absolute atomic E-state index is 11.2. The predicted molar refractivity (Wildman–Crippen MR) is 71.6 cm³/mol. The van der Waals surface area contributed by atoms with Crippen LogP contribution in [0.1, 0.15) is 41.0 Å². The number of hydrogen-bond donors (Lipinski definition) is 1. The Balaban J connectivity index is 0. The molecule has 0 spiro atoms. The fraction of sp³-hybridized carbons (Fsp3) is 0.846. The summed E-state index contributed by atoms with van der Waals surface area (Å²) < 4.78 is 10.4. The van der Waals surface area contributed by atoms with Crippen LogP contribution in [-0.2, 0) is 19.1 Å². The third-order valence-electron chi connectivity index (χ3n) is 2.36. The molecule has 0 aliphatic heterocycles. The van der Waals surface area contributed by atoms with Crippen molar-refractivity contribution in [3.05, 3.63) is 0 Å². The van der Waals surface area contributed by atoms with E-state index in [4.69, 9.17) is 9.47 Å². The van der Waals surface area contributed by atoms with Crippen LogP contribution in [0.15, 0.2) is 0 Å². The van der Waals surface area contributed by atoms with Crippen LogP contribution in [0.5, 0.6) is 0 Å². The lowest BCUT2D eigenvalue weighted by Crippen LogP contribution is -2.27. The zero-order chi connectivity index (χ0) is 13.6. The van der Waals surface area contributed by atoms with Crippen LogP contribution in [-0.4, -0.2) is 44.7 Å². The van der Waals surface area contributed by atoms with Crippen LogP contribution in [0.2, 0.25) is 0 Å². The molecule has 1 amide bonds. The van der Waals surface area contributed by atoms with Gasteiger partial charge < -0.3 is 14.8 Å². The largest absolute Gasteiger partial charge is 0.377 e. The van der Waals surface area contributed by atoms with E-state index in [-0.39, 0.29) is 19.7 Å². The minimum atomic E-state index is 0. The van der Waals surface area contributed by atoms with Gasteiger partial charge >= 0.3 is 0 Å². The monoisotopic (exact) mass is 261 g/mol. The van der Waals surface area contributed by atoms with Gasteiger partial charge in [-0.1, -0.05) is 20.3 Å². The van der Waals surface area contributed by atoms with Crippen molar-refractivity contribution in [2.24, 2.45) is 0 Å². The van der Waals surface area contributed by atoms with E-state index in [1.807, 2.05) is 6.92 Å². The first-order valence-electron chi connectivity index (χ1n) is 6.64. The topological polar surface area (TPSA) is 64.6 Å². The molecular weight excluding hydrogens is 234 g/mol. The summed E-state index contributed by atoms with van der Waals surface area (Å²) in [7, 11) is 0. The highest BCUT2D eigenvalue weighted by Crippen LogP contribution is 1.92. The molecule has 0 radical (unpaired) electrons. The molecule has 0 heterocycles. The molecular formula is C13H27NO4. The van der Waals surface area contributed by atoms with Crippen molar-refractivity contribution in [2.45, 2.75) is 39.5 Å². The third kappa shape index (κ3) is 11.5. The number of rotatable bonds is 12. The van der Waals surface area contributed by atoms with Gasteiger partial charge in [-0.3, -0.25) is 9.59 Å². The van der Waals surface area contributed by atoms with Crippen molar-refractivity contribution >= 4 is 11.7 Å². The Kier molecular flexibility index (Phi) is 11.9. The standard InChI is InChI=1S/C13H25NO4.H2/c1-3-5-6-13(16)14-7-8-17-9-10-18-11-12(15)4-2;/h3-11H2,1-2H3,(H,14,16);1H. The van der Waals surface area contributed by atoms with Crippen LogP contribution < -0.4 is 5.32 Å². The summed E-state index contributed by atoms with van der Waals surface area (Å²) in [6, 6.07) is 0. The summed E-state index contributed by atoms with van der Waals surface area (Å²) in [5.74, 6) is 0.170. The predicted octanol–water partition coefficient (Wildman–Crippen LogP) is 1.55. The molecule has 0 bridgehead atoms. The van der Waals surface area contributed by atoms with Gasteiger partial charge in [0.1, 0.15) is 6.61 Å². The average Bonchev–Trinajstić information content (AvgIpc) is 2.38. The summed E-state index contributed by atoms with van der Waals surface area (Å²) in [5, 5.41) is 2.78. The Morgan fingerprint density at radius 2 is 1.83 bits per heavy atom. The van der Waals surface area contributed by atoms with Crippen molar-refractivity contribution in [1.29, 1.82) is 0 Å². The number of ether oxygens (including phenoxy) is 2. The van der Waals surface area contributed by atoms with Gasteiger partial charge in [0.15, 0.2) is 5.78 Å². The first-order valence-corrected chi connectivity index (χ1v) is 6.64. The molecule has 0 aromatic heterocycles. The molecule has 0 fully saturated rings. The summed E-state index contributed by atoms with van der Waals surface area (Å²) in [6.45, 7) is 5.88. The van der Waals surface area contributed by atoms with Crippen LogP contribution in [0.25, 0.3) is 0 Å². The van der Waals surface area contributed by atoms with Gasteiger partial charge in [0.05, 0.1) is 19.8 Å². The maximum Gasteiger partial charge on any atom is 0.220 e. The average molecular weight is 261 g/mol. The minimum absolute atomic E-state index is 0. The molecule has 1 N–H and O–H groups in total. The van der Waals surface area contributed by atoms with E-state index in [9.17, 15) is 9.59 Å². The van der Waals surface area contributed by atoms with Crippen molar-refractivity contribution in [1.82, 2.24) is 5.32 Å². The number of nitrogens with one attached hydrogen (secondary N) is 1. The Bertz CT molecular complexity index is 237. The van der Waals surface area contributed by atoms with Crippen molar-refractivity contribution < 1.29 is 20.5 Å². The van der Waals surface area contributed by atoms with Crippen LogP contribution >= 0.6 is 0 Å². The first-order chi connectivity index (χ1) is 8.70. The number of ketones is 1. The smallest absolute Gasteiger partial charge is 0.220 e. The summed E-state index contributed by atoms with van der Waals surface area (Å²) in [5.41, 5.74) is 0. The lowest BCUT2D eigenvalue weighted by molar-refractivity contribution is -0.124. The van der Waals surface area contributed by atoms with E-state index in [0.717, 1.165) is 12.8 Å². The fourth-order valence-electron chi connectivity index (χ4n) is 1.20. The summed E-state index contributed by atoms with van der Waals surface area (Å²) >= 11 is 0. The summed E-state index contributed by atoms with van der Waals surface area (Å²) in [6.07, 6.45) is 3.03. The Labute approximate surface area is 111 Å². The van der Waals surface area contributed by atoms with Gasteiger partial charge in [0.25, 0.3) is 0 Å². The second-order valence-corrected chi connectivity index (χ2v) is 4.01. The SMILES string of the molecule is CCCCC(=O)NCCOCCOCC(=O)CC.[HH]. The first kappa shape index (κ1) is 17.1. The highest BCUT2D eigenvalue weighted by Gasteiger charge is 1.99. The molecule has 5 nitrogen and oxygen atoms in total. The number of carbonyl (C=O) groups excluding carboxylic acids is 2. The van der Waals surface area contributed by atoms with Crippen molar-refractivity contribution in [2.75, 3.05) is 33.0 Å². The molecule has 0 saturated heterocycles. The van der Waals surface area contributed by atoms with Crippen molar-refractivity contribution in [3.63, 3.8) is 0 Å². The zero-order valence-corrected chi connectivity index (χ0v) is 11.5. The molecule has 0 aromatic carbocycles. The Morgan fingerprint density at radius 3 is 2.50 bits per heavy atom. The van der Waals surface area contributed by atoms with E-state index >= 15 is 0 Å². The molecule has 0 aliphatic carbocycles. The number of unbranched alkanes of at least 4 members (excludes halogenated alkanes) is 1. The summed E-state index contributed by atoms with van der Waals surface area (Å²) in [4.78, 5) is 22.1. The maximum atomic E-state index is 11.2. The highest BCUT2D eigenvalue weighted by atomic mass is 16.5. The molecule has 0 unspecified atom stereocenters. The molecule has 108 valence electrons. The van der Waals surface area contributed by atoms with Crippen LogP contribution in [0, 0.1) is 0 Å². The number of Topliss-reactive ketones (excluding diaryl/α,β-unsaturated/α-hetero) is 1. The molecule has 18 heavy (non-hydrogen) atoms. The Hall–Kier alpha value is -0.940. The van der Waals surface area contributed by atoms with Gasteiger partial charge in [-0.05, 0) is 6.42 Å². The van der Waals surface area contributed by atoms with E-state index in [2.05, 4.69) is 12.2 Å². The molecule has 0 saturated carbocycles. The Morgan fingerprint density at radius 1 is 1.11 bits per heavy atom. The lowest BCUT2D eigenvalue weighted by atomic mass is 10.2. The number of carbonyl (C=O) groups is 2. The second kappa shape index (κ2) is 12.5. The molecule has 0 atom stereocenters. The van der Waals surface area contributed by atoms with Gasteiger partial charge in [-0.15, -0.1) is 0 Å². The highest BCUT2D eigenvalue weighted by molar-refractivity contribution is 5.79. The van der Waals surface area contributed by atoms with E-state index in [0.29, 0.717) is 39.2 Å². The molecule has 0 aromatic rings. The lowest BCUT2D eigenvalue weighted by Gasteiger charge is -2.06. The van der Waals surface area contributed by atoms with Crippen molar-refractivity contribution in [3.8, 4) is 0 Å². The van der Waals surface area contributed by atoms with E-state index in [1.165, 1.54) is 0 Å². The van der Waals surface area contributed by atoms with Crippen LogP contribution in [0.4, 0.5) is 0 Å². The second-order valence-electron chi connectivity index (χ2n) is 4.01. The third-order valence-corrected chi connectivity index (χ3v) is 2.36. The zero-order valence-electron chi connectivity index (χ0n) is 11.5. The molecule has 0 rings (SSSR count). The quantitative estimate of drug-likeness (QED) is 0.541.